The van der Waals surface area contributed by atoms with Gasteiger partial charge in [-0.25, -0.2) is 0 Å². The summed E-state index contributed by atoms with van der Waals surface area (Å²) < 4.78 is 11.9. The first-order chi connectivity index (χ1) is 12.3. The van der Waals surface area contributed by atoms with Crippen molar-refractivity contribution in [1.82, 2.24) is 0 Å². The van der Waals surface area contributed by atoms with Gasteiger partial charge in [-0.05, 0) is 29.8 Å². The van der Waals surface area contributed by atoms with E-state index in [1.54, 1.807) is 12.1 Å². The molecule has 0 unspecified atom stereocenters. The fourth-order valence-corrected chi connectivity index (χ4v) is 2.77. The van der Waals surface area contributed by atoms with Crippen molar-refractivity contribution >= 4 is 11.0 Å². The molecule has 3 nitrogen and oxygen atoms in total. The van der Waals surface area contributed by atoms with E-state index in [1.807, 2.05) is 66.7 Å². The number of hydrogen-bond donors (Lipinski definition) is 0. The minimum absolute atomic E-state index is 0.0605. The fourth-order valence-electron chi connectivity index (χ4n) is 2.77. The normalized spacial score (nSPS) is 10.7. The zero-order valence-corrected chi connectivity index (χ0v) is 13.5. The van der Waals surface area contributed by atoms with Gasteiger partial charge in [0.1, 0.15) is 23.7 Å². The van der Waals surface area contributed by atoms with Gasteiger partial charge < -0.3 is 9.15 Å². The number of fused-ring (bicyclic) bond motifs is 1. The molecule has 3 heteroatoms. The maximum absolute atomic E-state index is 12.4. The maximum Gasteiger partial charge on any atom is 0.193 e. The van der Waals surface area contributed by atoms with E-state index < -0.39 is 0 Å². The SMILES string of the molecule is O=c1cc(-c2ccccc2OCc2ccccc2)oc2ccccc12. The van der Waals surface area contributed by atoms with Crippen molar-refractivity contribution in [2.75, 3.05) is 0 Å². The van der Waals surface area contributed by atoms with Gasteiger partial charge in [0.25, 0.3) is 0 Å². The second-order valence-corrected chi connectivity index (χ2v) is 5.74. The van der Waals surface area contributed by atoms with Crippen LogP contribution >= 0.6 is 0 Å². The molecule has 4 aromatic rings. The highest BCUT2D eigenvalue weighted by Crippen LogP contribution is 2.31. The molecule has 0 saturated carbocycles. The van der Waals surface area contributed by atoms with Crippen LogP contribution in [0.25, 0.3) is 22.3 Å². The second kappa shape index (κ2) is 6.65. The van der Waals surface area contributed by atoms with Gasteiger partial charge in [-0.2, -0.15) is 0 Å². The molecule has 0 N–H and O–H groups in total. The van der Waals surface area contributed by atoms with E-state index in [9.17, 15) is 4.79 Å². The van der Waals surface area contributed by atoms with E-state index in [0.717, 1.165) is 11.1 Å². The molecule has 4 rings (SSSR count). The molecule has 0 amide bonds. The third kappa shape index (κ3) is 3.17. The minimum Gasteiger partial charge on any atom is -0.488 e. The predicted molar refractivity (Wildman–Crippen MR) is 98.7 cm³/mol. The van der Waals surface area contributed by atoms with E-state index >= 15 is 0 Å². The number of para-hydroxylation sites is 2. The van der Waals surface area contributed by atoms with E-state index in [0.29, 0.717) is 29.1 Å². The van der Waals surface area contributed by atoms with Crippen LogP contribution in [0.15, 0.2) is 94.1 Å². The molecule has 0 atom stereocenters. The van der Waals surface area contributed by atoms with Crippen LogP contribution in [0.5, 0.6) is 5.75 Å². The van der Waals surface area contributed by atoms with Crippen molar-refractivity contribution in [1.29, 1.82) is 0 Å². The van der Waals surface area contributed by atoms with Gasteiger partial charge in [0.05, 0.1) is 10.9 Å². The molecular formula is C22H16O3. The van der Waals surface area contributed by atoms with Crippen molar-refractivity contribution in [3.8, 4) is 17.1 Å². The zero-order chi connectivity index (χ0) is 17.1. The van der Waals surface area contributed by atoms with Crippen molar-refractivity contribution in [3.63, 3.8) is 0 Å². The maximum atomic E-state index is 12.4. The Labute approximate surface area is 145 Å². The van der Waals surface area contributed by atoms with Crippen LogP contribution in [0.1, 0.15) is 5.56 Å². The summed E-state index contributed by atoms with van der Waals surface area (Å²) in [4.78, 5) is 12.4. The summed E-state index contributed by atoms with van der Waals surface area (Å²) >= 11 is 0. The Morgan fingerprint density at radius 2 is 1.52 bits per heavy atom. The molecule has 0 bridgehead atoms. The third-order valence-electron chi connectivity index (χ3n) is 4.02. The standard InChI is InChI=1S/C22H16O3/c23-19-14-22(25-21-13-7-4-10-17(19)21)18-11-5-6-12-20(18)24-15-16-8-2-1-3-9-16/h1-14H,15H2. The summed E-state index contributed by atoms with van der Waals surface area (Å²) in [6, 6.07) is 26.3. The molecule has 0 aliphatic rings. The quantitative estimate of drug-likeness (QED) is 0.527. The predicted octanol–water partition coefficient (Wildman–Crippen LogP) is 5.04. The van der Waals surface area contributed by atoms with Gasteiger partial charge in [0, 0.05) is 6.07 Å². The van der Waals surface area contributed by atoms with Crippen LogP contribution in [0, 0.1) is 0 Å². The lowest BCUT2D eigenvalue weighted by atomic mass is 10.1. The molecule has 0 fully saturated rings. The van der Waals surface area contributed by atoms with Gasteiger partial charge in [0.2, 0.25) is 0 Å². The molecule has 0 spiro atoms. The topological polar surface area (TPSA) is 39.4 Å². The average molecular weight is 328 g/mol. The number of rotatable bonds is 4. The first-order valence-corrected chi connectivity index (χ1v) is 8.10. The van der Waals surface area contributed by atoms with Crippen LogP contribution in [0.3, 0.4) is 0 Å². The first kappa shape index (κ1) is 15.2. The zero-order valence-electron chi connectivity index (χ0n) is 13.5. The number of ether oxygens (including phenoxy) is 1. The van der Waals surface area contributed by atoms with Gasteiger partial charge >= 0.3 is 0 Å². The second-order valence-electron chi connectivity index (χ2n) is 5.74. The van der Waals surface area contributed by atoms with Crippen molar-refractivity contribution in [2.24, 2.45) is 0 Å². The molecule has 1 heterocycles. The highest BCUT2D eigenvalue weighted by atomic mass is 16.5. The van der Waals surface area contributed by atoms with Crippen molar-refractivity contribution in [2.45, 2.75) is 6.61 Å². The molecule has 122 valence electrons. The average Bonchev–Trinajstić information content (AvgIpc) is 2.67. The van der Waals surface area contributed by atoms with Gasteiger partial charge in [-0.1, -0.05) is 54.6 Å². The first-order valence-electron chi connectivity index (χ1n) is 8.10. The molecular weight excluding hydrogens is 312 g/mol. The molecule has 3 aromatic carbocycles. The largest absolute Gasteiger partial charge is 0.488 e. The van der Waals surface area contributed by atoms with Gasteiger partial charge in [0.15, 0.2) is 5.43 Å². The molecule has 1 aromatic heterocycles. The molecule has 0 aliphatic heterocycles. The highest BCUT2D eigenvalue weighted by molar-refractivity contribution is 5.79. The molecule has 0 radical (unpaired) electrons. The van der Waals surface area contributed by atoms with Crippen molar-refractivity contribution in [3.05, 3.63) is 101 Å². The van der Waals surface area contributed by atoms with E-state index in [-0.39, 0.29) is 5.43 Å². The van der Waals surface area contributed by atoms with E-state index in [1.165, 1.54) is 6.07 Å². The summed E-state index contributed by atoms with van der Waals surface area (Å²) in [6.45, 7) is 0.454. The van der Waals surface area contributed by atoms with Crippen LogP contribution in [-0.2, 0) is 6.61 Å². The Bertz CT molecular complexity index is 1070. The smallest absolute Gasteiger partial charge is 0.193 e. The summed E-state index contributed by atoms with van der Waals surface area (Å²) in [5.41, 5.74) is 2.36. The lowest BCUT2D eigenvalue weighted by molar-refractivity contribution is 0.307. The Hall–Kier alpha value is -3.33. The Balaban J connectivity index is 1.72. The number of benzene rings is 3. The molecule has 0 aliphatic carbocycles. The lowest BCUT2D eigenvalue weighted by Gasteiger charge is -2.11. The Morgan fingerprint density at radius 1 is 0.800 bits per heavy atom. The van der Waals surface area contributed by atoms with Crippen LogP contribution in [-0.4, -0.2) is 0 Å². The van der Waals surface area contributed by atoms with Crippen LogP contribution in [0.4, 0.5) is 0 Å². The lowest BCUT2D eigenvalue weighted by Crippen LogP contribution is -2.01. The highest BCUT2D eigenvalue weighted by Gasteiger charge is 2.11. The van der Waals surface area contributed by atoms with Crippen molar-refractivity contribution < 1.29 is 9.15 Å². The van der Waals surface area contributed by atoms with E-state index in [2.05, 4.69) is 0 Å². The Kier molecular flexibility index (Phi) is 4.05. The molecule has 0 saturated heterocycles. The summed E-state index contributed by atoms with van der Waals surface area (Å²) in [7, 11) is 0. The van der Waals surface area contributed by atoms with Crippen LogP contribution in [0.2, 0.25) is 0 Å². The third-order valence-corrected chi connectivity index (χ3v) is 4.02. The van der Waals surface area contributed by atoms with Gasteiger partial charge in [-0.15, -0.1) is 0 Å². The molecule has 25 heavy (non-hydrogen) atoms. The van der Waals surface area contributed by atoms with E-state index in [4.69, 9.17) is 9.15 Å². The summed E-state index contributed by atoms with van der Waals surface area (Å²) in [6.07, 6.45) is 0. The number of hydrogen-bond acceptors (Lipinski definition) is 3. The summed E-state index contributed by atoms with van der Waals surface area (Å²) in [5, 5.41) is 0.578. The Morgan fingerprint density at radius 3 is 2.40 bits per heavy atom. The van der Waals surface area contributed by atoms with Crippen LogP contribution < -0.4 is 10.2 Å². The monoisotopic (exact) mass is 328 g/mol. The fraction of sp³-hybridized carbons (Fsp3) is 0.0455. The van der Waals surface area contributed by atoms with Gasteiger partial charge in [-0.3, -0.25) is 4.79 Å². The summed E-state index contributed by atoms with van der Waals surface area (Å²) in [5.74, 6) is 1.19. The minimum atomic E-state index is -0.0605.